The largest absolute Gasteiger partial charge is 0.476 e. The zero-order valence-corrected chi connectivity index (χ0v) is 18.4. The number of benzene rings is 1. The molecule has 0 bridgehead atoms. The number of halogens is 1. The highest BCUT2D eigenvalue weighted by Gasteiger charge is 2.39. The maximum Gasteiger partial charge on any atom is 0.356 e. The van der Waals surface area contributed by atoms with Gasteiger partial charge in [0.1, 0.15) is 11.0 Å². The fourth-order valence-corrected chi connectivity index (χ4v) is 4.13. The predicted octanol–water partition coefficient (Wildman–Crippen LogP) is 3.45. The van der Waals surface area contributed by atoms with Crippen molar-refractivity contribution < 1.29 is 14.6 Å². The summed E-state index contributed by atoms with van der Waals surface area (Å²) in [5, 5.41) is 13.3. The number of hydrogen-bond acceptors (Lipinski definition) is 6. The van der Waals surface area contributed by atoms with Crippen molar-refractivity contribution in [2.45, 2.75) is 32.2 Å². The summed E-state index contributed by atoms with van der Waals surface area (Å²) in [4.78, 5) is 33.6. The van der Waals surface area contributed by atoms with Gasteiger partial charge in [0.15, 0.2) is 5.69 Å². The summed E-state index contributed by atoms with van der Waals surface area (Å²) < 4.78 is 6.97. The number of aromatic carboxylic acids is 1. The molecule has 1 fully saturated rings. The maximum atomic E-state index is 13.2. The maximum absolute atomic E-state index is 13.2. The van der Waals surface area contributed by atoms with Crippen LogP contribution in [0.5, 0.6) is 0 Å². The number of carbonyl (C=O) groups is 1. The number of nitrogens with zero attached hydrogens (tertiary/aromatic N) is 3. The molecule has 2 aromatic heterocycles. The normalized spacial score (nSPS) is 16.0. The summed E-state index contributed by atoms with van der Waals surface area (Å²) in [7, 11) is 1.73. The van der Waals surface area contributed by atoms with E-state index in [9.17, 15) is 14.7 Å². The van der Waals surface area contributed by atoms with Crippen LogP contribution in [0.2, 0.25) is 5.15 Å². The molecular weight excluding hydrogens is 420 g/mol. The number of hydrogen-bond donors (Lipinski definition) is 2. The van der Waals surface area contributed by atoms with Gasteiger partial charge in [0, 0.05) is 12.6 Å². The fourth-order valence-electron chi connectivity index (χ4n) is 3.99. The lowest BCUT2D eigenvalue weighted by Crippen LogP contribution is -2.48. The van der Waals surface area contributed by atoms with Crippen LogP contribution >= 0.6 is 11.6 Å². The number of nitrogens with one attached hydrogen (secondary N) is 1. The van der Waals surface area contributed by atoms with Crippen LogP contribution in [0.3, 0.4) is 0 Å². The minimum absolute atomic E-state index is 0.0994. The first kappa shape index (κ1) is 21.3. The zero-order valence-electron chi connectivity index (χ0n) is 17.7. The molecule has 1 saturated heterocycles. The van der Waals surface area contributed by atoms with E-state index < -0.39 is 5.97 Å². The third-order valence-electron chi connectivity index (χ3n) is 5.64. The van der Waals surface area contributed by atoms with Crippen molar-refractivity contribution in [3.8, 4) is 0 Å². The van der Waals surface area contributed by atoms with Crippen molar-refractivity contribution in [3.05, 3.63) is 62.4 Å². The number of carboxylic acids is 1. The van der Waals surface area contributed by atoms with Crippen molar-refractivity contribution in [1.82, 2.24) is 14.5 Å². The summed E-state index contributed by atoms with van der Waals surface area (Å²) >= 11 is 5.87. The van der Waals surface area contributed by atoms with Crippen molar-refractivity contribution in [3.63, 3.8) is 0 Å². The van der Waals surface area contributed by atoms with E-state index in [-0.39, 0.29) is 27.9 Å². The molecule has 1 atom stereocenters. The summed E-state index contributed by atoms with van der Waals surface area (Å²) in [5.74, 6) is -0.508. The molecule has 162 valence electrons. The summed E-state index contributed by atoms with van der Waals surface area (Å²) in [6, 6.07) is 6.55. The van der Waals surface area contributed by atoms with Gasteiger partial charge in [-0.1, -0.05) is 17.7 Å². The quantitative estimate of drug-likeness (QED) is 0.583. The summed E-state index contributed by atoms with van der Waals surface area (Å²) in [5.41, 5.74) is 2.03. The van der Waals surface area contributed by atoms with E-state index in [2.05, 4.69) is 10.3 Å². The van der Waals surface area contributed by atoms with Gasteiger partial charge in [-0.15, -0.1) is 0 Å². The van der Waals surface area contributed by atoms with Gasteiger partial charge in [-0.2, -0.15) is 0 Å². The fraction of sp³-hybridized carbons (Fsp3) is 0.364. The third-order valence-corrected chi connectivity index (χ3v) is 5.85. The van der Waals surface area contributed by atoms with E-state index >= 15 is 0 Å². The van der Waals surface area contributed by atoms with Gasteiger partial charge in [-0.3, -0.25) is 9.36 Å². The van der Waals surface area contributed by atoms with Crippen molar-refractivity contribution >= 4 is 34.2 Å². The van der Waals surface area contributed by atoms with Gasteiger partial charge < -0.3 is 15.2 Å². The van der Waals surface area contributed by atoms with Gasteiger partial charge in [0.25, 0.3) is 5.56 Å². The van der Waals surface area contributed by atoms with Crippen LogP contribution in [-0.2, 0) is 17.2 Å². The van der Waals surface area contributed by atoms with Crippen LogP contribution in [0.15, 0.2) is 29.1 Å². The topological polar surface area (TPSA) is 106 Å². The number of aryl methyl sites for hydroxylation is 1. The molecule has 1 aliphatic heterocycles. The van der Waals surface area contributed by atoms with Gasteiger partial charge in [0.2, 0.25) is 0 Å². The minimum atomic E-state index is -1.18. The Balaban J connectivity index is 1.86. The van der Waals surface area contributed by atoms with Crippen molar-refractivity contribution in [1.29, 1.82) is 0 Å². The van der Waals surface area contributed by atoms with E-state index in [1.54, 1.807) is 17.7 Å². The molecule has 0 amide bonds. The average molecular weight is 443 g/mol. The zero-order chi connectivity index (χ0) is 22.5. The van der Waals surface area contributed by atoms with Crippen LogP contribution in [0.1, 0.15) is 47.3 Å². The van der Waals surface area contributed by atoms with Crippen LogP contribution in [0.4, 0.5) is 5.69 Å². The first-order valence-electron chi connectivity index (χ1n) is 9.86. The molecule has 1 aromatic carbocycles. The third kappa shape index (κ3) is 3.66. The number of anilines is 1. The molecule has 9 heteroatoms. The lowest BCUT2D eigenvalue weighted by atomic mass is 9.87. The Hall–Kier alpha value is -2.97. The van der Waals surface area contributed by atoms with Crippen molar-refractivity contribution in [2.75, 3.05) is 18.5 Å². The number of fused-ring (bicyclic) bond motifs is 1. The summed E-state index contributed by atoms with van der Waals surface area (Å²) in [6.45, 7) is 6.84. The molecule has 1 unspecified atom stereocenters. The Morgan fingerprint density at radius 3 is 2.65 bits per heavy atom. The Bertz CT molecular complexity index is 1270. The number of carboxylic acid groups (broad SMARTS) is 1. The second-order valence-corrected chi connectivity index (χ2v) is 8.69. The molecule has 0 saturated carbocycles. The molecule has 4 rings (SSSR count). The minimum Gasteiger partial charge on any atom is -0.476 e. The monoisotopic (exact) mass is 442 g/mol. The molecule has 3 heterocycles. The molecule has 1 aliphatic rings. The average Bonchev–Trinajstić information content (AvgIpc) is 2.69. The molecule has 0 radical (unpaired) electrons. The lowest BCUT2D eigenvalue weighted by Gasteiger charge is -2.38. The van der Waals surface area contributed by atoms with Crippen LogP contribution < -0.4 is 10.9 Å². The highest BCUT2D eigenvalue weighted by molar-refractivity contribution is 6.29. The van der Waals surface area contributed by atoms with E-state index in [4.69, 9.17) is 21.3 Å². The van der Waals surface area contributed by atoms with Gasteiger partial charge in [-0.05, 0) is 44.5 Å². The molecule has 8 nitrogen and oxygen atoms in total. The van der Waals surface area contributed by atoms with Gasteiger partial charge in [-0.25, -0.2) is 14.8 Å². The van der Waals surface area contributed by atoms with E-state index in [0.29, 0.717) is 35.6 Å². The van der Waals surface area contributed by atoms with Crippen LogP contribution in [-0.4, -0.2) is 38.8 Å². The predicted molar refractivity (Wildman–Crippen MR) is 118 cm³/mol. The van der Waals surface area contributed by atoms with E-state index in [1.807, 2.05) is 32.9 Å². The highest BCUT2D eigenvalue weighted by atomic mass is 35.5. The smallest absolute Gasteiger partial charge is 0.356 e. The molecular formula is C22H23ClN4O4. The van der Waals surface area contributed by atoms with Crippen LogP contribution in [0, 0.1) is 6.92 Å². The number of ether oxygens (including phenoxy) is 1. The van der Waals surface area contributed by atoms with E-state index in [0.717, 1.165) is 11.1 Å². The molecule has 0 aliphatic carbocycles. The lowest BCUT2D eigenvalue weighted by molar-refractivity contribution is -0.0559. The Morgan fingerprint density at radius 2 is 2.03 bits per heavy atom. The second-order valence-electron chi connectivity index (χ2n) is 8.30. The second kappa shape index (κ2) is 7.62. The van der Waals surface area contributed by atoms with Gasteiger partial charge in [0.05, 0.1) is 41.3 Å². The number of rotatable bonds is 5. The standard InChI is InChI=1S/C22H23ClN4O4/c1-11-7-13(12(2)24-15-5-6-16(23)25-18(15)20(29)30)17-14(8-11)19(28)27(4)21(26-17)22(3)9-31-10-22/h5-8,12,24H,9-10H2,1-4H3,(H,29,30). The molecule has 0 spiro atoms. The first-order chi connectivity index (χ1) is 14.6. The Morgan fingerprint density at radius 1 is 1.32 bits per heavy atom. The molecule has 3 aromatic rings. The van der Waals surface area contributed by atoms with Gasteiger partial charge >= 0.3 is 5.97 Å². The Labute approximate surface area is 183 Å². The molecule has 31 heavy (non-hydrogen) atoms. The summed E-state index contributed by atoms with van der Waals surface area (Å²) in [6.07, 6.45) is 0. The van der Waals surface area contributed by atoms with Crippen molar-refractivity contribution in [2.24, 2.45) is 7.05 Å². The highest BCUT2D eigenvalue weighted by Crippen LogP contribution is 2.33. The van der Waals surface area contributed by atoms with Crippen LogP contribution in [0.25, 0.3) is 10.9 Å². The number of pyridine rings is 1. The molecule has 2 N–H and O–H groups in total. The SMILES string of the molecule is Cc1cc(C(C)Nc2ccc(Cl)nc2C(=O)O)c2nc(C3(C)COC3)n(C)c(=O)c2c1. The number of aromatic nitrogens is 3. The Kier molecular flexibility index (Phi) is 5.23. The first-order valence-corrected chi connectivity index (χ1v) is 10.2. The van der Waals surface area contributed by atoms with E-state index in [1.165, 1.54) is 6.07 Å².